The van der Waals surface area contributed by atoms with E-state index >= 15 is 4.79 Å². The molecule has 0 aromatic heterocycles. The van der Waals surface area contributed by atoms with Gasteiger partial charge in [-0.1, -0.05) is 53.2 Å². The zero-order valence-electron chi connectivity index (χ0n) is 39.8. The number of hydrogen-bond donors (Lipinski definition) is 12. The van der Waals surface area contributed by atoms with Crippen LogP contribution in [-0.2, 0) is 33.2 Å². The molecule has 0 spiro atoms. The molecule has 3 aliphatic heterocycles. The van der Waals surface area contributed by atoms with Crippen molar-refractivity contribution < 1.29 is 94.5 Å². The van der Waals surface area contributed by atoms with E-state index < -0.39 is 134 Å². The number of aliphatic hydroxyl groups excluding tert-OH is 12. The maximum absolute atomic E-state index is 15.0. The number of carbonyl (C=O) groups is 1. The average Bonchev–Trinajstić information content (AvgIpc) is 3.29. The number of esters is 1. The summed E-state index contributed by atoms with van der Waals surface area (Å²) in [5, 5.41) is 130. The summed E-state index contributed by atoms with van der Waals surface area (Å²) in [6, 6.07) is 0. The summed E-state index contributed by atoms with van der Waals surface area (Å²) in [4.78, 5) is 15.0. The van der Waals surface area contributed by atoms with Crippen LogP contribution in [0.15, 0.2) is 11.6 Å². The molecular formula is C48H78O19. The molecule has 0 bridgehead atoms. The fraction of sp³-hybridized carbons (Fsp3) is 0.938. The SMILES string of the molecule is C[C@H]1[C@H](C)CC[C@]2(C(=O)O[C@@H]3O[C@@H](CO[C@@H]4O[C@H](CO)[C@@H](O[C@@H]5O[C@H](C)[C@@H](O)[C@H](O)[C@H]5O)[C@H](O)[C@H]4O)[C@H](O)[C@@H](O)[C@H]3O)CC[C@]3(C)C(=CC[C@@H]4[C@@]5(C)C[C@@H](O)[C@@H](O)[C@@](C)(CO)[C@H]5CC[C@]43C)[C@H]12. The third kappa shape index (κ3) is 7.92. The van der Waals surface area contributed by atoms with Gasteiger partial charge in [-0.2, -0.15) is 0 Å². The van der Waals surface area contributed by atoms with Gasteiger partial charge in [-0.3, -0.25) is 4.79 Å². The second kappa shape index (κ2) is 18.5. The number of allylic oxidation sites excluding steroid dienone is 2. The summed E-state index contributed by atoms with van der Waals surface area (Å²) < 4.78 is 34.7. The number of carbonyl (C=O) groups excluding carboxylic acids is 1. The van der Waals surface area contributed by atoms with Crippen LogP contribution in [0, 0.1) is 56.7 Å². The van der Waals surface area contributed by atoms with Gasteiger partial charge in [0, 0.05) is 5.41 Å². The number of aliphatic hydroxyl groups is 12. The topological polar surface area (TPSA) is 315 Å². The zero-order chi connectivity index (χ0) is 49.1. The van der Waals surface area contributed by atoms with Crippen LogP contribution < -0.4 is 0 Å². The normalized spacial score (nSPS) is 56.7. The Morgan fingerprint density at radius 2 is 1.34 bits per heavy atom. The Balaban J connectivity index is 0.985. The minimum absolute atomic E-state index is 0.0112. The maximum atomic E-state index is 15.0. The van der Waals surface area contributed by atoms with Crippen molar-refractivity contribution in [2.24, 2.45) is 56.7 Å². The number of fused-ring (bicyclic) bond motifs is 7. The molecule has 0 radical (unpaired) electrons. The summed E-state index contributed by atoms with van der Waals surface area (Å²) in [6.45, 7) is 13.0. The molecule has 8 rings (SSSR count). The molecule has 27 atom stereocenters. The van der Waals surface area contributed by atoms with Gasteiger partial charge in [-0.05, 0) is 104 Å². The van der Waals surface area contributed by atoms with Gasteiger partial charge < -0.3 is 89.7 Å². The predicted molar refractivity (Wildman–Crippen MR) is 231 cm³/mol. The lowest BCUT2D eigenvalue weighted by Crippen LogP contribution is -2.68. The Hall–Kier alpha value is -1.47. The standard InChI is InChI=1S/C48H78O19/c1-20-10-13-48(15-14-46(6)23(29(48)21(20)2)8-9-28-44(4)16-24(51)39(60)45(5,19-50)27(44)11-12-47(28,46)7)43(61)67-42-36(58)33(55)31(53)26(65-42)18-62-40-37(59)34(56)38(25(17-49)64-40)66-41-35(57)32(54)30(52)22(3)63-41/h8,20-22,24-42,49-60H,9-19H2,1-7H3/t20-,21+,22-,24-,25-,26+,27+,28-,29+,30-,31+,32+,33-,34-,35-,36-,37-,38-,39-,40-,41+,42+,44+,45+,46-,47-,48+/m1/s1. The van der Waals surface area contributed by atoms with E-state index in [0.29, 0.717) is 32.1 Å². The van der Waals surface area contributed by atoms with E-state index in [-0.39, 0.29) is 52.4 Å². The third-order valence-electron chi connectivity index (χ3n) is 19.7. The van der Waals surface area contributed by atoms with Crippen molar-refractivity contribution in [2.45, 2.75) is 204 Å². The van der Waals surface area contributed by atoms with Crippen LogP contribution in [0.5, 0.6) is 0 Å². The monoisotopic (exact) mass is 959 g/mol. The molecule has 19 heteroatoms. The zero-order valence-corrected chi connectivity index (χ0v) is 39.8. The van der Waals surface area contributed by atoms with Crippen LogP contribution in [0.1, 0.15) is 99.8 Å². The van der Waals surface area contributed by atoms with Gasteiger partial charge in [-0.15, -0.1) is 0 Å². The van der Waals surface area contributed by atoms with Gasteiger partial charge in [-0.25, -0.2) is 0 Å². The van der Waals surface area contributed by atoms with Crippen LogP contribution >= 0.6 is 0 Å². The number of ether oxygens (including phenoxy) is 6. The van der Waals surface area contributed by atoms with Crippen LogP contribution in [0.25, 0.3) is 0 Å². The van der Waals surface area contributed by atoms with Gasteiger partial charge in [0.05, 0.1) is 43.5 Å². The molecule has 0 aromatic carbocycles. The van der Waals surface area contributed by atoms with Crippen LogP contribution in [0.3, 0.4) is 0 Å². The fourth-order valence-corrected chi connectivity index (χ4v) is 15.2. The summed E-state index contributed by atoms with van der Waals surface area (Å²) in [6.07, 6.45) is -18.9. The molecule has 19 nitrogen and oxygen atoms in total. The van der Waals surface area contributed by atoms with Gasteiger partial charge in [0.25, 0.3) is 0 Å². The average molecular weight is 959 g/mol. The molecule has 0 amide bonds. The Kier molecular flexibility index (Phi) is 14.4. The van der Waals surface area contributed by atoms with Crippen LogP contribution in [0.4, 0.5) is 0 Å². The molecule has 384 valence electrons. The first-order valence-electron chi connectivity index (χ1n) is 24.5. The first-order valence-corrected chi connectivity index (χ1v) is 24.5. The molecule has 8 aliphatic rings. The molecule has 5 aliphatic carbocycles. The molecule has 3 saturated heterocycles. The van der Waals surface area contributed by atoms with E-state index in [0.717, 1.165) is 19.3 Å². The van der Waals surface area contributed by atoms with Crippen molar-refractivity contribution in [1.29, 1.82) is 0 Å². The Labute approximate surface area is 392 Å². The van der Waals surface area contributed by atoms with E-state index in [4.69, 9.17) is 28.4 Å². The van der Waals surface area contributed by atoms with E-state index in [1.807, 2.05) is 6.92 Å². The lowest BCUT2D eigenvalue weighted by atomic mass is 9.33. The van der Waals surface area contributed by atoms with Crippen molar-refractivity contribution in [3.8, 4) is 0 Å². The highest BCUT2D eigenvalue weighted by molar-refractivity contribution is 5.79. The van der Waals surface area contributed by atoms with E-state index in [2.05, 4.69) is 40.7 Å². The fourth-order valence-electron chi connectivity index (χ4n) is 15.2. The first kappa shape index (κ1) is 51.9. The van der Waals surface area contributed by atoms with E-state index in [9.17, 15) is 61.3 Å². The van der Waals surface area contributed by atoms with Crippen LogP contribution in [-0.4, -0.2) is 191 Å². The molecular weight excluding hydrogens is 881 g/mol. The Morgan fingerprint density at radius 1 is 0.701 bits per heavy atom. The first-order chi connectivity index (χ1) is 31.4. The lowest BCUT2D eigenvalue weighted by Gasteiger charge is -2.71. The third-order valence-corrected chi connectivity index (χ3v) is 19.7. The molecule has 3 heterocycles. The summed E-state index contributed by atoms with van der Waals surface area (Å²) >= 11 is 0. The summed E-state index contributed by atoms with van der Waals surface area (Å²) in [5.74, 6) is -0.386. The molecule has 67 heavy (non-hydrogen) atoms. The highest BCUT2D eigenvalue weighted by Crippen LogP contribution is 2.76. The molecule has 4 saturated carbocycles. The second-order valence-corrected chi connectivity index (χ2v) is 22.9. The van der Waals surface area contributed by atoms with E-state index in [1.54, 1.807) is 0 Å². The van der Waals surface area contributed by atoms with Gasteiger partial charge in [0.2, 0.25) is 6.29 Å². The van der Waals surface area contributed by atoms with Gasteiger partial charge in [0.1, 0.15) is 67.1 Å². The number of rotatable bonds is 9. The highest BCUT2D eigenvalue weighted by Gasteiger charge is 2.71. The predicted octanol–water partition coefficient (Wildman–Crippen LogP) is -1.03. The van der Waals surface area contributed by atoms with Crippen molar-refractivity contribution in [3.63, 3.8) is 0 Å². The highest BCUT2D eigenvalue weighted by atomic mass is 16.8. The maximum Gasteiger partial charge on any atom is 0.315 e. The summed E-state index contributed by atoms with van der Waals surface area (Å²) in [5.41, 5.74) is -1.64. The second-order valence-electron chi connectivity index (χ2n) is 22.9. The van der Waals surface area contributed by atoms with Crippen molar-refractivity contribution in [3.05, 3.63) is 11.6 Å². The minimum Gasteiger partial charge on any atom is -0.432 e. The van der Waals surface area contributed by atoms with Crippen LogP contribution in [0.2, 0.25) is 0 Å². The smallest absolute Gasteiger partial charge is 0.315 e. The van der Waals surface area contributed by atoms with Gasteiger partial charge in [0.15, 0.2) is 12.6 Å². The largest absolute Gasteiger partial charge is 0.432 e. The summed E-state index contributed by atoms with van der Waals surface area (Å²) in [7, 11) is 0. The molecule has 0 unspecified atom stereocenters. The van der Waals surface area contributed by atoms with E-state index in [1.165, 1.54) is 12.5 Å². The van der Waals surface area contributed by atoms with Gasteiger partial charge >= 0.3 is 5.97 Å². The molecule has 7 fully saturated rings. The Bertz CT molecular complexity index is 1820. The number of hydrogen-bond acceptors (Lipinski definition) is 19. The molecule has 0 aromatic rings. The van der Waals surface area contributed by atoms with Crippen molar-refractivity contribution in [2.75, 3.05) is 19.8 Å². The minimum atomic E-state index is -1.86. The van der Waals surface area contributed by atoms with Crippen molar-refractivity contribution in [1.82, 2.24) is 0 Å². The quantitative estimate of drug-likeness (QED) is 0.0971. The van der Waals surface area contributed by atoms with Crippen molar-refractivity contribution >= 4 is 5.97 Å². The molecule has 12 N–H and O–H groups in total. The lowest BCUT2D eigenvalue weighted by molar-refractivity contribution is -0.361. The Morgan fingerprint density at radius 3 is 2.01 bits per heavy atom.